The number of hydrogen-bond acceptors (Lipinski definition) is 6. The van der Waals surface area contributed by atoms with Crippen molar-refractivity contribution in [1.82, 2.24) is 24.1 Å². The zero-order valence-electron chi connectivity index (χ0n) is 19.7. The molecule has 2 aromatic carbocycles. The summed E-state index contributed by atoms with van der Waals surface area (Å²) in [5.74, 6) is -1.32. The number of alkyl halides is 3. The van der Waals surface area contributed by atoms with Gasteiger partial charge in [-0.05, 0) is 19.4 Å². The van der Waals surface area contributed by atoms with Crippen LogP contribution in [0.5, 0.6) is 5.75 Å². The predicted molar refractivity (Wildman–Crippen MR) is 123 cm³/mol. The Morgan fingerprint density at radius 3 is 2.47 bits per heavy atom. The molecule has 0 aliphatic rings. The third-order valence-corrected chi connectivity index (χ3v) is 5.61. The first-order valence-corrected chi connectivity index (χ1v) is 11.0. The minimum Gasteiger partial charge on any atom is -0.480 e. The highest BCUT2D eigenvalue weighted by Crippen LogP contribution is 2.37. The molecule has 4 rings (SSSR count). The summed E-state index contributed by atoms with van der Waals surface area (Å²) in [6, 6.07) is 10.3. The van der Waals surface area contributed by atoms with Crippen molar-refractivity contribution in [2.45, 2.75) is 45.9 Å². The van der Waals surface area contributed by atoms with Gasteiger partial charge in [-0.3, -0.25) is 9.25 Å². The molecule has 0 spiro atoms. The van der Waals surface area contributed by atoms with Crippen molar-refractivity contribution in [3.8, 4) is 11.4 Å². The van der Waals surface area contributed by atoms with Gasteiger partial charge in [0.05, 0.1) is 12.0 Å². The Kier molecular flexibility index (Phi) is 6.76. The van der Waals surface area contributed by atoms with E-state index < -0.39 is 29.5 Å². The van der Waals surface area contributed by atoms with Gasteiger partial charge in [0.25, 0.3) is 0 Å². The zero-order chi connectivity index (χ0) is 26.2. The van der Waals surface area contributed by atoms with E-state index in [1.807, 2.05) is 30.3 Å². The summed E-state index contributed by atoms with van der Waals surface area (Å²) < 4.78 is 69.2. The van der Waals surface area contributed by atoms with Crippen molar-refractivity contribution in [2.24, 2.45) is 7.05 Å². The molecule has 1 unspecified atom stereocenters. The van der Waals surface area contributed by atoms with E-state index in [2.05, 4.69) is 10.2 Å². The zero-order valence-corrected chi connectivity index (χ0v) is 19.7. The Labute approximate surface area is 202 Å². The van der Waals surface area contributed by atoms with Crippen molar-refractivity contribution < 1.29 is 27.0 Å². The van der Waals surface area contributed by atoms with Crippen LogP contribution in [-0.2, 0) is 31.5 Å². The molecule has 0 aliphatic heterocycles. The van der Waals surface area contributed by atoms with Crippen molar-refractivity contribution in [2.75, 3.05) is 5.73 Å². The molecule has 192 valence electrons. The number of ether oxygens (including phenoxy) is 2. The van der Waals surface area contributed by atoms with E-state index in [9.17, 15) is 18.0 Å². The predicted octanol–water partition coefficient (Wildman–Crippen LogP) is 3.71. The number of halogens is 4. The van der Waals surface area contributed by atoms with Gasteiger partial charge >= 0.3 is 11.9 Å². The number of hydrogen-bond donors (Lipinski definition) is 1. The fourth-order valence-electron chi connectivity index (χ4n) is 3.78. The molecule has 2 heterocycles. The summed E-state index contributed by atoms with van der Waals surface area (Å²) in [6.07, 6.45) is -6.92. The molecule has 13 heteroatoms. The summed E-state index contributed by atoms with van der Waals surface area (Å²) in [6.45, 7) is 2.92. The molecule has 0 radical (unpaired) electrons. The summed E-state index contributed by atoms with van der Waals surface area (Å²) in [5.41, 5.74) is 5.42. The lowest BCUT2D eigenvalue weighted by atomic mass is 10.2. The molecule has 2 aromatic heterocycles. The second-order valence-electron chi connectivity index (χ2n) is 8.08. The van der Waals surface area contributed by atoms with E-state index in [0.717, 1.165) is 27.9 Å². The maximum Gasteiger partial charge on any atom is 0.425 e. The van der Waals surface area contributed by atoms with Gasteiger partial charge in [-0.1, -0.05) is 30.3 Å². The van der Waals surface area contributed by atoms with Crippen LogP contribution >= 0.6 is 0 Å². The average molecular weight is 508 g/mol. The van der Waals surface area contributed by atoms with Crippen molar-refractivity contribution in [1.29, 1.82) is 0 Å². The number of aryl methyl sites for hydroxylation is 1. The van der Waals surface area contributed by atoms with Gasteiger partial charge < -0.3 is 15.2 Å². The Morgan fingerprint density at radius 1 is 1.14 bits per heavy atom. The first-order valence-electron chi connectivity index (χ1n) is 11.0. The van der Waals surface area contributed by atoms with Crippen LogP contribution in [-0.4, -0.2) is 36.4 Å². The Bertz CT molecular complexity index is 1440. The Balaban J connectivity index is 1.78. The number of nitrogens with two attached hydrogens (primary N) is 1. The Hall–Kier alpha value is -3.87. The third-order valence-electron chi connectivity index (χ3n) is 5.61. The molecule has 9 nitrogen and oxygen atoms in total. The summed E-state index contributed by atoms with van der Waals surface area (Å²) in [7, 11) is 1.37. The van der Waals surface area contributed by atoms with Crippen molar-refractivity contribution in [3.05, 3.63) is 64.1 Å². The second kappa shape index (κ2) is 9.64. The molecule has 36 heavy (non-hydrogen) atoms. The molecule has 0 aliphatic carbocycles. The van der Waals surface area contributed by atoms with Crippen LogP contribution in [0.4, 0.5) is 23.4 Å². The lowest BCUT2D eigenvalue weighted by Gasteiger charge is -2.19. The quantitative estimate of drug-likeness (QED) is 0.364. The molecular formula is C23H24F4N6O3. The standard InChI is InChI=1S/C23H24F4N6O3/c1-4-32-17(12-35-11-14-8-6-5-7-9-14)29-33(22(32)34)15-10-16(36-13(2)23(25,26)27)18-20(19(15)24)31(3)30-21(18)28/h5-10,13H,4,11-12H2,1-3H3,(H2,28,30). The maximum atomic E-state index is 15.6. The summed E-state index contributed by atoms with van der Waals surface area (Å²) >= 11 is 0. The first-order chi connectivity index (χ1) is 17.0. The number of benzene rings is 2. The van der Waals surface area contributed by atoms with E-state index in [0.29, 0.717) is 0 Å². The summed E-state index contributed by atoms with van der Waals surface area (Å²) in [5, 5.41) is 7.99. The molecule has 0 amide bonds. The highest BCUT2D eigenvalue weighted by Gasteiger charge is 2.39. The minimum absolute atomic E-state index is 0.0536. The number of rotatable bonds is 8. The third kappa shape index (κ3) is 4.65. The van der Waals surface area contributed by atoms with Crippen LogP contribution in [0.2, 0.25) is 0 Å². The number of nitrogens with zero attached hydrogens (tertiary/aromatic N) is 5. The largest absolute Gasteiger partial charge is 0.480 e. The molecule has 0 saturated carbocycles. The number of nitrogen functional groups attached to an aromatic ring is 1. The number of anilines is 1. The van der Waals surface area contributed by atoms with Crippen LogP contribution in [0, 0.1) is 5.82 Å². The van der Waals surface area contributed by atoms with Crippen LogP contribution in [0.25, 0.3) is 16.6 Å². The normalized spacial score (nSPS) is 12.9. The Morgan fingerprint density at radius 2 is 1.83 bits per heavy atom. The second-order valence-corrected chi connectivity index (χ2v) is 8.08. The molecular weight excluding hydrogens is 484 g/mol. The summed E-state index contributed by atoms with van der Waals surface area (Å²) in [4.78, 5) is 13.1. The van der Waals surface area contributed by atoms with E-state index in [1.165, 1.54) is 11.6 Å². The van der Waals surface area contributed by atoms with E-state index in [-0.39, 0.29) is 48.1 Å². The van der Waals surface area contributed by atoms with Gasteiger partial charge in [0.2, 0.25) is 0 Å². The van der Waals surface area contributed by atoms with Crippen molar-refractivity contribution in [3.63, 3.8) is 0 Å². The van der Waals surface area contributed by atoms with Crippen LogP contribution in [0.1, 0.15) is 25.2 Å². The van der Waals surface area contributed by atoms with Crippen molar-refractivity contribution >= 4 is 16.7 Å². The van der Waals surface area contributed by atoms with Crippen LogP contribution < -0.4 is 16.2 Å². The van der Waals surface area contributed by atoms with E-state index >= 15 is 4.39 Å². The lowest BCUT2D eigenvalue weighted by molar-refractivity contribution is -0.188. The van der Waals surface area contributed by atoms with Crippen LogP contribution in [0.3, 0.4) is 0 Å². The molecule has 4 aromatic rings. The van der Waals surface area contributed by atoms with E-state index in [4.69, 9.17) is 15.2 Å². The number of fused-ring (bicyclic) bond motifs is 1. The van der Waals surface area contributed by atoms with Gasteiger partial charge in [0.1, 0.15) is 23.6 Å². The topological polar surface area (TPSA) is 102 Å². The molecule has 1 atom stereocenters. The minimum atomic E-state index is -4.69. The highest BCUT2D eigenvalue weighted by atomic mass is 19.4. The van der Waals surface area contributed by atoms with Gasteiger partial charge in [-0.2, -0.15) is 23.0 Å². The van der Waals surface area contributed by atoms with Crippen LogP contribution in [0.15, 0.2) is 41.2 Å². The van der Waals surface area contributed by atoms with Gasteiger partial charge in [-0.15, -0.1) is 5.10 Å². The average Bonchev–Trinajstić information content (AvgIpc) is 3.30. The maximum absolute atomic E-state index is 15.6. The first kappa shape index (κ1) is 25.2. The monoisotopic (exact) mass is 508 g/mol. The number of aromatic nitrogens is 5. The fraction of sp³-hybridized carbons (Fsp3) is 0.348. The molecule has 0 saturated heterocycles. The lowest BCUT2D eigenvalue weighted by Crippen LogP contribution is -2.31. The van der Waals surface area contributed by atoms with Gasteiger partial charge in [-0.25, -0.2) is 9.18 Å². The van der Waals surface area contributed by atoms with E-state index in [1.54, 1.807) is 6.92 Å². The molecule has 2 N–H and O–H groups in total. The van der Waals surface area contributed by atoms with Gasteiger partial charge in [0, 0.05) is 19.7 Å². The van der Waals surface area contributed by atoms with Gasteiger partial charge in [0.15, 0.2) is 23.6 Å². The molecule has 0 bridgehead atoms. The molecule has 0 fully saturated rings. The highest BCUT2D eigenvalue weighted by molar-refractivity contribution is 5.96. The smallest absolute Gasteiger partial charge is 0.425 e. The SMILES string of the molecule is CCn1c(COCc2ccccc2)nn(-c2cc(OC(C)C(F)(F)F)c3c(N)nn(C)c3c2F)c1=O. The fourth-order valence-corrected chi connectivity index (χ4v) is 3.78.